The second-order valence-electron chi connectivity index (χ2n) is 6.32. The third kappa shape index (κ3) is 5.11. The Morgan fingerprint density at radius 1 is 1.32 bits per heavy atom. The quantitative estimate of drug-likeness (QED) is 0.501. The monoisotopic (exact) mass is 347 g/mol. The van der Waals surface area contributed by atoms with Crippen molar-refractivity contribution in [2.75, 3.05) is 40.9 Å². The zero-order valence-corrected chi connectivity index (χ0v) is 15.7. The first-order valence-corrected chi connectivity index (χ1v) is 8.76. The fourth-order valence-electron chi connectivity index (χ4n) is 3.24. The molecule has 0 unspecified atom stereocenters. The van der Waals surface area contributed by atoms with Gasteiger partial charge in [0.05, 0.1) is 20.1 Å². The van der Waals surface area contributed by atoms with E-state index in [1.165, 1.54) is 18.2 Å². The third-order valence-electron chi connectivity index (χ3n) is 4.65. The van der Waals surface area contributed by atoms with E-state index in [1.54, 1.807) is 14.2 Å². The Kier molecular flexibility index (Phi) is 7.10. The maximum Gasteiger partial charge on any atom is 0.308 e. The minimum atomic E-state index is -0.103. The average molecular weight is 347 g/mol. The molecule has 1 fully saturated rings. The molecule has 6 nitrogen and oxygen atoms in total. The highest BCUT2D eigenvalue weighted by atomic mass is 16.5. The highest BCUT2D eigenvalue weighted by Crippen LogP contribution is 2.20. The molecule has 1 N–H and O–H groups in total. The number of aryl methyl sites for hydroxylation is 1. The molecule has 0 aromatic heterocycles. The van der Waals surface area contributed by atoms with E-state index in [1.807, 2.05) is 6.07 Å². The summed E-state index contributed by atoms with van der Waals surface area (Å²) >= 11 is 0. The summed E-state index contributed by atoms with van der Waals surface area (Å²) in [6.45, 7) is 4.49. The average Bonchev–Trinajstić information content (AvgIpc) is 2.65. The Morgan fingerprint density at radius 2 is 2.04 bits per heavy atom. The fraction of sp³-hybridized carbons (Fsp3) is 0.579. The number of methoxy groups -OCH3 is 2. The molecule has 1 heterocycles. The number of hydrogen-bond acceptors (Lipinski definition) is 4. The lowest BCUT2D eigenvalue weighted by Gasteiger charge is -2.33. The Bertz CT molecular complexity index is 608. The van der Waals surface area contributed by atoms with E-state index in [0.29, 0.717) is 0 Å². The summed E-state index contributed by atoms with van der Waals surface area (Å²) in [7, 11) is 4.95. The van der Waals surface area contributed by atoms with Gasteiger partial charge in [-0.05, 0) is 37.8 Å². The Hall–Kier alpha value is -2.24. The van der Waals surface area contributed by atoms with E-state index in [0.717, 1.165) is 50.6 Å². The normalized spacial score (nSPS) is 15.8. The molecule has 1 saturated heterocycles. The molecule has 0 aliphatic carbocycles. The number of rotatable bonds is 5. The molecule has 6 heteroatoms. The molecule has 0 bridgehead atoms. The predicted molar refractivity (Wildman–Crippen MR) is 99.1 cm³/mol. The standard InChI is InChI=1S/C19H29N3O3/c1-14-5-6-17(24-3)16(13-14)7-10-21-19(20-2)22-11-8-15(9-12-22)18(23)25-4/h5-6,13,15H,7-12H2,1-4H3,(H,20,21). The van der Waals surface area contributed by atoms with Crippen molar-refractivity contribution in [3.63, 3.8) is 0 Å². The van der Waals surface area contributed by atoms with Crippen LogP contribution in [0.2, 0.25) is 0 Å². The Labute approximate surface area is 150 Å². The van der Waals surface area contributed by atoms with Crippen molar-refractivity contribution in [1.29, 1.82) is 0 Å². The van der Waals surface area contributed by atoms with Crippen molar-refractivity contribution in [3.8, 4) is 5.75 Å². The number of piperidine rings is 1. The molecule has 0 amide bonds. The number of ether oxygens (including phenoxy) is 2. The van der Waals surface area contributed by atoms with E-state index in [4.69, 9.17) is 9.47 Å². The molecular weight excluding hydrogens is 318 g/mol. The fourth-order valence-corrected chi connectivity index (χ4v) is 3.24. The lowest BCUT2D eigenvalue weighted by molar-refractivity contribution is -0.146. The van der Waals surface area contributed by atoms with Gasteiger partial charge < -0.3 is 19.7 Å². The van der Waals surface area contributed by atoms with Crippen LogP contribution in [0.5, 0.6) is 5.75 Å². The zero-order chi connectivity index (χ0) is 18.2. The van der Waals surface area contributed by atoms with Gasteiger partial charge in [-0.2, -0.15) is 0 Å². The van der Waals surface area contributed by atoms with Crippen LogP contribution in [-0.4, -0.2) is 57.7 Å². The summed E-state index contributed by atoms with van der Waals surface area (Å²) in [6, 6.07) is 6.22. The van der Waals surface area contributed by atoms with Crippen molar-refractivity contribution >= 4 is 11.9 Å². The van der Waals surface area contributed by atoms with Gasteiger partial charge >= 0.3 is 5.97 Å². The molecule has 1 aliphatic heterocycles. The van der Waals surface area contributed by atoms with E-state index < -0.39 is 0 Å². The van der Waals surface area contributed by atoms with Gasteiger partial charge in [-0.3, -0.25) is 9.79 Å². The van der Waals surface area contributed by atoms with Crippen LogP contribution < -0.4 is 10.1 Å². The van der Waals surface area contributed by atoms with Crippen LogP contribution in [0.4, 0.5) is 0 Å². The molecule has 2 rings (SSSR count). The van der Waals surface area contributed by atoms with Crippen LogP contribution in [0.25, 0.3) is 0 Å². The third-order valence-corrected chi connectivity index (χ3v) is 4.65. The van der Waals surface area contributed by atoms with Gasteiger partial charge in [-0.1, -0.05) is 17.7 Å². The van der Waals surface area contributed by atoms with Gasteiger partial charge in [-0.15, -0.1) is 0 Å². The first-order chi connectivity index (χ1) is 12.1. The summed E-state index contributed by atoms with van der Waals surface area (Å²) in [4.78, 5) is 18.2. The second-order valence-corrected chi connectivity index (χ2v) is 6.32. The number of likely N-dealkylation sites (tertiary alicyclic amines) is 1. The number of nitrogens with one attached hydrogen (secondary N) is 1. The van der Waals surface area contributed by atoms with Crippen molar-refractivity contribution in [3.05, 3.63) is 29.3 Å². The van der Waals surface area contributed by atoms with Crippen molar-refractivity contribution in [1.82, 2.24) is 10.2 Å². The van der Waals surface area contributed by atoms with E-state index >= 15 is 0 Å². The zero-order valence-electron chi connectivity index (χ0n) is 15.7. The Balaban J connectivity index is 1.85. The van der Waals surface area contributed by atoms with E-state index in [9.17, 15) is 4.79 Å². The number of carbonyl (C=O) groups excluding carboxylic acids is 1. The van der Waals surface area contributed by atoms with Crippen LogP contribution >= 0.6 is 0 Å². The van der Waals surface area contributed by atoms with Gasteiger partial charge in [0.15, 0.2) is 5.96 Å². The highest BCUT2D eigenvalue weighted by molar-refractivity contribution is 5.80. The lowest BCUT2D eigenvalue weighted by Crippen LogP contribution is -2.47. The maximum absolute atomic E-state index is 11.6. The lowest BCUT2D eigenvalue weighted by atomic mass is 9.97. The summed E-state index contributed by atoms with van der Waals surface area (Å²) in [5.74, 6) is 1.71. The number of aliphatic imine (C=N–C) groups is 1. The molecule has 1 aromatic rings. The predicted octanol–water partition coefficient (Wildman–Crippen LogP) is 2.01. The smallest absolute Gasteiger partial charge is 0.308 e. The number of esters is 1. The van der Waals surface area contributed by atoms with Crippen LogP contribution in [-0.2, 0) is 16.0 Å². The molecule has 138 valence electrons. The van der Waals surface area contributed by atoms with E-state index in [2.05, 4.69) is 34.3 Å². The molecule has 1 aliphatic rings. The molecule has 1 aromatic carbocycles. The summed E-state index contributed by atoms with van der Waals surface area (Å²) < 4.78 is 10.3. The molecule has 0 atom stereocenters. The van der Waals surface area contributed by atoms with Crippen molar-refractivity contribution in [2.24, 2.45) is 10.9 Å². The summed E-state index contributed by atoms with van der Waals surface area (Å²) in [6.07, 6.45) is 2.47. The summed E-state index contributed by atoms with van der Waals surface area (Å²) in [5, 5.41) is 3.42. The second kappa shape index (κ2) is 9.30. The first-order valence-electron chi connectivity index (χ1n) is 8.76. The molecular formula is C19H29N3O3. The number of benzene rings is 1. The van der Waals surface area contributed by atoms with Crippen LogP contribution in [0.1, 0.15) is 24.0 Å². The SMILES string of the molecule is CN=C(NCCc1cc(C)ccc1OC)N1CCC(C(=O)OC)CC1. The maximum atomic E-state index is 11.6. The largest absolute Gasteiger partial charge is 0.496 e. The van der Waals surface area contributed by atoms with Gasteiger partial charge in [-0.25, -0.2) is 0 Å². The highest BCUT2D eigenvalue weighted by Gasteiger charge is 2.26. The van der Waals surface area contributed by atoms with Gasteiger partial charge in [0, 0.05) is 26.7 Å². The van der Waals surface area contributed by atoms with Gasteiger partial charge in [0.25, 0.3) is 0 Å². The molecule has 0 saturated carbocycles. The van der Waals surface area contributed by atoms with Gasteiger partial charge in [0.2, 0.25) is 0 Å². The van der Waals surface area contributed by atoms with Crippen LogP contribution in [0, 0.1) is 12.8 Å². The minimum absolute atomic E-state index is 0.0101. The summed E-state index contributed by atoms with van der Waals surface area (Å²) in [5.41, 5.74) is 2.42. The first kappa shape index (κ1) is 19.1. The van der Waals surface area contributed by atoms with Crippen LogP contribution in [0.3, 0.4) is 0 Å². The van der Waals surface area contributed by atoms with Gasteiger partial charge in [0.1, 0.15) is 5.75 Å². The Morgan fingerprint density at radius 3 is 2.64 bits per heavy atom. The molecule has 0 radical (unpaired) electrons. The number of carbonyl (C=O) groups is 1. The number of guanidine groups is 1. The van der Waals surface area contributed by atoms with E-state index in [-0.39, 0.29) is 11.9 Å². The molecule has 25 heavy (non-hydrogen) atoms. The van der Waals surface area contributed by atoms with Crippen molar-refractivity contribution in [2.45, 2.75) is 26.2 Å². The number of nitrogens with zero attached hydrogens (tertiary/aromatic N) is 2. The van der Waals surface area contributed by atoms with Crippen LogP contribution in [0.15, 0.2) is 23.2 Å². The topological polar surface area (TPSA) is 63.2 Å². The number of hydrogen-bond donors (Lipinski definition) is 1. The van der Waals surface area contributed by atoms with Crippen molar-refractivity contribution < 1.29 is 14.3 Å². The minimum Gasteiger partial charge on any atom is -0.496 e. The molecule has 0 spiro atoms.